The standard InChI is InChI=1S/C24H25FN4O/c25-19-3-1-17(2-4-19)21-22-20(9-14-28-24(22)30)29(15-16-5-10-26-11-6-16)23(21)18-7-12-27-13-8-18/h1-4,7-8,12-13,16,26H,5-6,9-11,14-15H2,(H,28,30). The molecular weight excluding hydrogens is 379 g/mol. The molecule has 6 heteroatoms. The van der Waals surface area contributed by atoms with Crippen molar-refractivity contribution in [2.24, 2.45) is 5.92 Å². The van der Waals surface area contributed by atoms with E-state index in [1.165, 1.54) is 12.1 Å². The fourth-order valence-electron chi connectivity index (χ4n) is 4.79. The molecule has 1 amide bonds. The summed E-state index contributed by atoms with van der Waals surface area (Å²) >= 11 is 0. The van der Waals surface area contributed by atoms with E-state index in [0.717, 1.165) is 72.5 Å². The smallest absolute Gasteiger partial charge is 0.253 e. The van der Waals surface area contributed by atoms with Gasteiger partial charge in [0.05, 0.1) is 11.3 Å². The number of piperidine rings is 1. The summed E-state index contributed by atoms with van der Waals surface area (Å²) in [6, 6.07) is 10.4. The van der Waals surface area contributed by atoms with Gasteiger partial charge in [-0.2, -0.15) is 0 Å². The summed E-state index contributed by atoms with van der Waals surface area (Å²) in [5.41, 5.74) is 5.63. The van der Waals surface area contributed by atoms with Crippen LogP contribution in [0.5, 0.6) is 0 Å². The van der Waals surface area contributed by atoms with Crippen LogP contribution in [0.15, 0.2) is 48.8 Å². The van der Waals surface area contributed by atoms with Crippen molar-refractivity contribution in [1.82, 2.24) is 20.2 Å². The lowest BCUT2D eigenvalue weighted by atomic mass is 9.95. The van der Waals surface area contributed by atoms with Crippen molar-refractivity contribution in [2.45, 2.75) is 25.8 Å². The van der Waals surface area contributed by atoms with Gasteiger partial charge in [-0.25, -0.2) is 4.39 Å². The van der Waals surface area contributed by atoms with Crippen molar-refractivity contribution >= 4 is 5.91 Å². The number of nitrogens with zero attached hydrogens (tertiary/aromatic N) is 2. The van der Waals surface area contributed by atoms with E-state index in [-0.39, 0.29) is 11.7 Å². The van der Waals surface area contributed by atoms with Gasteiger partial charge in [0.15, 0.2) is 0 Å². The second-order valence-electron chi connectivity index (χ2n) is 8.10. The molecule has 0 unspecified atom stereocenters. The van der Waals surface area contributed by atoms with E-state index < -0.39 is 0 Å². The van der Waals surface area contributed by atoms with Crippen molar-refractivity contribution in [3.63, 3.8) is 0 Å². The first-order valence-electron chi connectivity index (χ1n) is 10.6. The Bertz CT molecular complexity index is 1050. The van der Waals surface area contributed by atoms with E-state index in [0.29, 0.717) is 12.5 Å². The average Bonchev–Trinajstić information content (AvgIpc) is 3.11. The number of hydrogen-bond donors (Lipinski definition) is 2. The Morgan fingerprint density at radius 3 is 2.43 bits per heavy atom. The third kappa shape index (κ3) is 3.41. The lowest BCUT2D eigenvalue weighted by Gasteiger charge is -2.26. The van der Waals surface area contributed by atoms with Gasteiger partial charge < -0.3 is 15.2 Å². The zero-order valence-corrected chi connectivity index (χ0v) is 16.8. The molecule has 0 atom stereocenters. The Labute approximate surface area is 175 Å². The summed E-state index contributed by atoms with van der Waals surface area (Å²) in [6.07, 6.45) is 6.61. The molecule has 4 heterocycles. The number of aromatic nitrogens is 2. The summed E-state index contributed by atoms with van der Waals surface area (Å²) in [7, 11) is 0. The highest BCUT2D eigenvalue weighted by Gasteiger charge is 2.32. The lowest BCUT2D eigenvalue weighted by Crippen LogP contribution is -2.34. The molecule has 5 rings (SSSR count). The second-order valence-corrected chi connectivity index (χ2v) is 8.10. The average molecular weight is 404 g/mol. The van der Waals surface area contributed by atoms with Gasteiger partial charge in [-0.05, 0) is 61.7 Å². The molecule has 0 saturated carbocycles. The minimum Gasteiger partial charge on any atom is -0.352 e. The van der Waals surface area contributed by atoms with Gasteiger partial charge in [0.25, 0.3) is 5.91 Å². The number of fused-ring (bicyclic) bond motifs is 1. The van der Waals surface area contributed by atoms with E-state index in [2.05, 4.69) is 20.2 Å². The van der Waals surface area contributed by atoms with Gasteiger partial charge in [-0.1, -0.05) is 12.1 Å². The number of carbonyl (C=O) groups excluding carboxylic acids is 1. The molecular formula is C24H25FN4O. The molecule has 0 radical (unpaired) electrons. The van der Waals surface area contributed by atoms with Crippen LogP contribution in [0.3, 0.4) is 0 Å². The van der Waals surface area contributed by atoms with Crippen LogP contribution in [-0.2, 0) is 13.0 Å². The van der Waals surface area contributed by atoms with Crippen LogP contribution < -0.4 is 10.6 Å². The topological polar surface area (TPSA) is 59.0 Å². The zero-order valence-electron chi connectivity index (χ0n) is 16.8. The molecule has 2 aliphatic rings. The maximum Gasteiger partial charge on any atom is 0.253 e. The Morgan fingerprint density at radius 1 is 0.967 bits per heavy atom. The minimum absolute atomic E-state index is 0.0464. The highest BCUT2D eigenvalue weighted by molar-refractivity contribution is 6.07. The van der Waals surface area contributed by atoms with Crippen LogP contribution in [0.4, 0.5) is 4.39 Å². The normalized spacial score (nSPS) is 16.9. The fourth-order valence-corrected chi connectivity index (χ4v) is 4.79. The van der Waals surface area contributed by atoms with Gasteiger partial charge in [0.1, 0.15) is 5.82 Å². The molecule has 1 aromatic carbocycles. The number of carbonyl (C=O) groups is 1. The largest absolute Gasteiger partial charge is 0.352 e. The maximum atomic E-state index is 13.7. The van der Waals surface area contributed by atoms with E-state index in [9.17, 15) is 9.18 Å². The second kappa shape index (κ2) is 8.03. The van der Waals surface area contributed by atoms with Crippen molar-refractivity contribution in [2.75, 3.05) is 19.6 Å². The fraction of sp³-hybridized carbons (Fsp3) is 0.333. The van der Waals surface area contributed by atoms with Gasteiger partial charge >= 0.3 is 0 Å². The number of halogens is 1. The highest BCUT2D eigenvalue weighted by atomic mass is 19.1. The van der Waals surface area contributed by atoms with Gasteiger partial charge in [-0.3, -0.25) is 9.78 Å². The first kappa shape index (κ1) is 19.0. The van der Waals surface area contributed by atoms with Crippen molar-refractivity contribution in [3.8, 4) is 22.4 Å². The zero-order chi connectivity index (χ0) is 20.5. The molecule has 2 N–H and O–H groups in total. The van der Waals surface area contributed by atoms with Gasteiger partial charge in [0, 0.05) is 48.7 Å². The molecule has 2 aliphatic heterocycles. The van der Waals surface area contributed by atoms with Crippen LogP contribution in [0.25, 0.3) is 22.4 Å². The van der Waals surface area contributed by atoms with Crippen molar-refractivity contribution in [1.29, 1.82) is 0 Å². The summed E-state index contributed by atoms with van der Waals surface area (Å²) in [5.74, 6) is 0.237. The summed E-state index contributed by atoms with van der Waals surface area (Å²) < 4.78 is 16.0. The predicted molar refractivity (Wildman–Crippen MR) is 115 cm³/mol. The minimum atomic E-state index is -0.281. The molecule has 154 valence electrons. The molecule has 0 spiro atoms. The van der Waals surface area contributed by atoms with Crippen LogP contribution in [-0.4, -0.2) is 35.1 Å². The number of rotatable bonds is 4. The van der Waals surface area contributed by atoms with Crippen LogP contribution >= 0.6 is 0 Å². The maximum absolute atomic E-state index is 13.7. The van der Waals surface area contributed by atoms with Gasteiger partial charge in [-0.15, -0.1) is 0 Å². The number of amides is 1. The summed E-state index contributed by atoms with van der Waals surface area (Å²) in [6.45, 7) is 3.59. The summed E-state index contributed by atoms with van der Waals surface area (Å²) in [5, 5.41) is 6.44. The number of nitrogens with one attached hydrogen (secondary N) is 2. The first-order valence-corrected chi connectivity index (χ1v) is 10.6. The summed E-state index contributed by atoms with van der Waals surface area (Å²) in [4.78, 5) is 17.2. The predicted octanol–water partition coefficient (Wildman–Crippen LogP) is 3.64. The first-order chi connectivity index (χ1) is 14.7. The number of pyridine rings is 1. The van der Waals surface area contributed by atoms with E-state index in [1.54, 1.807) is 24.5 Å². The third-order valence-corrected chi connectivity index (χ3v) is 6.23. The lowest BCUT2D eigenvalue weighted by molar-refractivity contribution is 0.0945. The Balaban J connectivity index is 1.75. The SMILES string of the molecule is O=C1NCCc2c1c(-c1ccc(F)cc1)c(-c1ccncc1)n2CC1CCNCC1. The molecule has 0 bridgehead atoms. The molecule has 30 heavy (non-hydrogen) atoms. The highest BCUT2D eigenvalue weighted by Crippen LogP contribution is 2.41. The molecule has 2 aromatic heterocycles. The van der Waals surface area contributed by atoms with Crippen molar-refractivity contribution < 1.29 is 9.18 Å². The van der Waals surface area contributed by atoms with E-state index >= 15 is 0 Å². The van der Waals surface area contributed by atoms with E-state index in [1.807, 2.05) is 12.1 Å². The van der Waals surface area contributed by atoms with Gasteiger partial charge in [0.2, 0.25) is 0 Å². The molecule has 0 aliphatic carbocycles. The third-order valence-electron chi connectivity index (χ3n) is 6.23. The van der Waals surface area contributed by atoms with Crippen LogP contribution in [0, 0.1) is 11.7 Å². The Kier molecular flexibility index (Phi) is 5.09. The Morgan fingerprint density at radius 2 is 1.70 bits per heavy atom. The monoisotopic (exact) mass is 404 g/mol. The molecule has 1 fully saturated rings. The molecule has 5 nitrogen and oxygen atoms in total. The number of hydrogen-bond acceptors (Lipinski definition) is 3. The van der Waals surface area contributed by atoms with Crippen LogP contribution in [0.1, 0.15) is 28.9 Å². The quantitative estimate of drug-likeness (QED) is 0.698. The molecule has 3 aromatic rings. The molecule has 1 saturated heterocycles. The Hall–Kier alpha value is -2.99. The number of benzene rings is 1. The van der Waals surface area contributed by atoms with Crippen LogP contribution in [0.2, 0.25) is 0 Å². The van der Waals surface area contributed by atoms with Crippen molar-refractivity contribution in [3.05, 3.63) is 65.9 Å². The van der Waals surface area contributed by atoms with E-state index in [4.69, 9.17) is 0 Å².